The van der Waals surface area contributed by atoms with Gasteiger partial charge < -0.3 is 16.0 Å². The first-order valence-electron chi connectivity index (χ1n) is 8.50. The Morgan fingerprint density at radius 2 is 2.36 bits per heavy atom. The van der Waals surface area contributed by atoms with Gasteiger partial charge in [0, 0.05) is 42.1 Å². The molecule has 1 aromatic carbocycles. The van der Waals surface area contributed by atoms with Crippen LogP contribution in [0.1, 0.15) is 27.5 Å². The number of carbonyl (C=O) groups excluding carboxylic acids is 1. The highest BCUT2D eigenvalue weighted by Gasteiger charge is 2.24. The summed E-state index contributed by atoms with van der Waals surface area (Å²) >= 11 is 7.62. The maximum atomic E-state index is 12.2. The second-order valence-corrected chi connectivity index (χ2v) is 7.79. The van der Waals surface area contributed by atoms with Gasteiger partial charge in [0.1, 0.15) is 5.69 Å². The van der Waals surface area contributed by atoms with Crippen LogP contribution >= 0.6 is 22.9 Å². The molecule has 7 heteroatoms. The topological polar surface area (TPSA) is 71.2 Å². The Bertz CT molecular complexity index is 748. The fraction of sp³-hybridized carbons (Fsp3) is 0.444. The van der Waals surface area contributed by atoms with Crippen LogP contribution in [0.25, 0.3) is 0 Å². The first-order valence-corrected chi connectivity index (χ1v) is 9.76. The largest absolute Gasteiger partial charge is 0.371 e. The molecule has 1 fully saturated rings. The molecule has 1 aliphatic heterocycles. The van der Waals surface area contributed by atoms with E-state index in [0.29, 0.717) is 31.1 Å². The normalized spacial score (nSPS) is 17.1. The van der Waals surface area contributed by atoms with Crippen LogP contribution in [0, 0.1) is 12.8 Å². The maximum Gasteiger partial charge on any atom is 0.270 e. The van der Waals surface area contributed by atoms with E-state index in [2.05, 4.69) is 22.1 Å². The smallest absolute Gasteiger partial charge is 0.270 e. The second-order valence-electron chi connectivity index (χ2n) is 6.41. The van der Waals surface area contributed by atoms with E-state index in [1.54, 1.807) is 5.38 Å². The number of hydrogen-bond acceptors (Lipinski definition) is 5. The van der Waals surface area contributed by atoms with Gasteiger partial charge in [0.15, 0.2) is 0 Å². The lowest BCUT2D eigenvalue weighted by atomic mass is 10.1. The number of aryl methyl sites for hydroxylation is 1. The zero-order valence-electron chi connectivity index (χ0n) is 14.3. The zero-order chi connectivity index (χ0) is 17.8. The Morgan fingerprint density at radius 3 is 3.16 bits per heavy atom. The number of thiazole rings is 1. The molecule has 1 aromatic heterocycles. The standard InChI is InChI=1S/C18H23ClN4OS/c1-12-2-3-14(19)8-16(12)23-7-5-13(10-23)9-21-18(24)15-11-25-17(22-15)4-6-20/h2-3,8,11,13H,4-7,9-10,20H2,1H3,(H,21,24). The van der Waals surface area contributed by atoms with Gasteiger partial charge in [0.25, 0.3) is 5.91 Å². The summed E-state index contributed by atoms with van der Waals surface area (Å²) in [6.07, 6.45) is 1.77. The molecule has 3 N–H and O–H groups in total. The van der Waals surface area contributed by atoms with Crippen LogP contribution in [0.15, 0.2) is 23.6 Å². The molecule has 0 saturated carbocycles. The average Bonchev–Trinajstić information content (AvgIpc) is 3.25. The molecule has 1 amide bonds. The Balaban J connectivity index is 1.53. The SMILES string of the molecule is Cc1ccc(Cl)cc1N1CCC(CNC(=O)c2csc(CCN)n2)C1. The molecular formula is C18H23ClN4OS. The van der Waals surface area contributed by atoms with E-state index in [9.17, 15) is 4.79 Å². The molecule has 0 spiro atoms. The van der Waals surface area contributed by atoms with E-state index >= 15 is 0 Å². The van der Waals surface area contributed by atoms with Crippen molar-refractivity contribution in [2.45, 2.75) is 19.8 Å². The van der Waals surface area contributed by atoms with Crippen molar-refractivity contribution in [3.8, 4) is 0 Å². The molecule has 1 saturated heterocycles. The molecule has 1 unspecified atom stereocenters. The van der Waals surface area contributed by atoms with Crippen LogP contribution in [0.5, 0.6) is 0 Å². The van der Waals surface area contributed by atoms with Crippen molar-refractivity contribution >= 4 is 34.5 Å². The number of aromatic nitrogens is 1. The van der Waals surface area contributed by atoms with Crippen molar-refractivity contribution in [2.24, 2.45) is 11.7 Å². The molecule has 2 aromatic rings. The number of hydrogen-bond donors (Lipinski definition) is 2. The Hall–Kier alpha value is -1.63. The second kappa shape index (κ2) is 8.17. The third-order valence-electron chi connectivity index (χ3n) is 4.49. The van der Waals surface area contributed by atoms with Gasteiger partial charge in [-0.2, -0.15) is 0 Å². The minimum atomic E-state index is -0.100. The molecule has 134 valence electrons. The lowest BCUT2D eigenvalue weighted by molar-refractivity contribution is 0.0944. The highest BCUT2D eigenvalue weighted by Crippen LogP contribution is 2.29. The van der Waals surface area contributed by atoms with Gasteiger partial charge in [-0.15, -0.1) is 11.3 Å². The summed E-state index contributed by atoms with van der Waals surface area (Å²) in [5.74, 6) is 0.335. The predicted octanol–water partition coefficient (Wildman–Crippen LogP) is 2.86. The summed E-state index contributed by atoms with van der Waals surface area (Å²) in [5.41, 5.74) is 8.43. The average molecular weight is 379 g/mol. The molecule has 1 atom stereocenters. The first-order chi connectivity index (χ1) is 12.1. The van der Waals surface area contributed by atoms with Crippen molar-refractivity contribution < 1.29 is 4.79 Å². The van der Waals surface area contributed by atoms with Crippen LogP contribution in [0.3, 0.4) is 0 Å². The van der Waals surface area contributed by atoms with Crippen LogP contribution in [0.4, 0.5) is 5.69 Å². The number of carbonyl (C=O) groups is 1. The number of amides is 1. The van der Waals surface area contributed by atoms with Gasteiger partial charge in [-0.1, -0.05) is 17.7 Å². The number of benzene rings is 1. The zero-order valence-corrected chi connectivity index (χ0v) is 15.9. The summed E-state index contributed by atoms with van der Waals surface area (Å²) in [6, 6.07) is 5.99. The first kappa shape index (κ1) is 18.2. The fourth-order valence-corrected chi connectivity index (χ4v) is 4.08. The summed E-state index contributed by atoms with van der Waals surface area (Å²) in [4.78, 5) is 18.9. The highest BCUT2D eigenvalue weighted by molar-refractivity contribution is 7.09. The Labute approximate surface area is 157 Å². The predicted molar refractivity (Wildman–Crippen MR) is 104 cm³/mol. The third kappa shape index (κ3) is 4.51. The van der Waals surface area contributed by atoms with Crippen LogP contribution in [0.2, 0.25) is 5.02 Å². The van der Waals surface area contributed by atoms with Gasteiger partial charge in [-0.05, 0) is 43.5 Å². The van der Waals surface area contributed by atoms with Crippen LogP contribution in [-0.4, -0.2) is 37.1 Å². The van der Waals surface area contributed by atoms with Crippen LogP contribution < -0.4 is 16.0 Å². The summed E-state index contributed by atoms with van der Waals surface area (Å²) in [7, 11) is 0. The number of nitrogens with zero attached hydrogens (tertiary/aromatic N) is 2. The van der Waals surface area contributed by atoms with E-state index in [1.807, 2.05) is 18.2 Å². The quantitative estimate of drug-likeness (QED) is 0.810. The van der Waals surface area contributed by atoms with E-state index in [0.717, 1.165) is 29.5 Å². The highest BCUT2D eigenvalue weighted by atomic mass is 35.5. The van der Waals surface area contributed by atoms with Crippen molar-refractivity contribution in [1.29, 1.82) is 0 Å². The molecule has 25 heavy (non-hydrogen) atoms. The molecule has 0 radical (unpaired) electrons. The fourth-order valence-electron chi connectivity index (χ4n) is 3.12. The minimum Gasteiger partial charge on any atom is -0.371 e. The number of halogens is 1. The molecule has 1 aliphatic rings. The molecule has 0 aliphatic carbocycles. The van der Waals surface area contributed by atoms with E-state index in [4.69, 9.17) is 17.3 Å². The number of rotatable bonds is 6. The van der Waals surface area contributed by atoms with Gasteiger partial charge >= 0.3 is 0 Å². The van der Waals surface area contributed by atoms with Gasteiger partial charge in [0.2, 0.25) is 0 Å². The lowest BCUT2D eigenvalue weighted by Crippen LogP contribution is -2.31. The van der Waals surface area contributed by atoms with Gasteiger partial charge in [-0.3, -0.25) is 4.79 Å². The number of anilines is 1. The molecule has 5 nitrogen and oxygen atoms in total. The Kier molecular flexibility index (Phi) is 5.93. The van der Waals surface area contributed by atoms with E-state index < -0.39 is 0 Å². The number of nitrogens with one attached hydrogen (secondary N) is 1. The lowest BCUT2D eigenvalue weighted by Gasteiger charge is -2.21. The minimum absolute atomic E-state index is 0.100. The Morgan fingerprint density at radius 1 is 1.52 bits per heavy atom. The van der Waals surface area contributed by atoms with Crippen molar-refractivity contribution in [3.63, 3.8) is 0 Å². The van der Waals surface area contributed by atoms with Gasteiger partial charge in [-0.25, -0.2) is 4.98 Å². The number of nitrogens with two attached hydrogens (primary N) is 1. The maximum absolute atomic E-state index is 12.2. The molecular weight excluding hydrogens is 356 g/mol. The van der Waals surface area contributed by atoms with E-state index in [1.165, 1.54) is 22.6 Å². The van der Waals surface area contributed by atoms with Crippen molar-refractivity contribution in [3.05, 3.63) is 44.9 Å². The summed E-state index contributed by atoms with van der Waals surface area (Å²) in [5, 5.41) is 6.49. The third-order valence-corrected chi connectivity index (χ3v) is 5.64. The molecule has 3 rings (SSSR count). The van der Waals surface area contributed by atoms with E-state index in [-0.39, 0.29) is 5.91 Å². The van der Waals surface area contributed by atoms with Gasteiger partial charge in [0.05, 0.1) is 5.01 Å². The van der Waals surface area contributed by atoms with Crippen LogP contribution in [-0.2, 0) is 6.42 Å². The molecule has 2 heterocycles. The van der Waals surface area contributed by atoms with Crippen molar-refractivity contribution in [2.75, 3.05) is 31.1 Å². The monoisotopic (exact) mass is 378 g/mol. The van der Waals surface area contributed by atoms with Crippen molar-refractivity contribution in [1.82, 2.24) is 10.3 Å². The summed E-state index contributed by atoms with van der Waals surface area (Å²) in [6.45, 7) is 5.23. The summed E-state index contributed by atoms with van der Waals surface area (Å²) < 4.78 is 0. The molecule has 0 bridgehead atoms.